The Labute approximate surface area is 121 Å². The summed E-state index contributed by atoms with van der Waals surface area (Å²) in [7, 11) is 0. The molecule has 0 radical (unpaired) electrons. The van der Waals surface area contributed by atoms with Gasteiger partial charge in [-0.3, -0.25) is 0 Å². The summed E-state index contributed by atoms with van der Waals surface area (Å²) < 4.78 is 0. The molecule has 0 aliphatic carbocycles. The Morgan fingerprint density at radius 3 is 2.37 bits per heavy atom. The Kier molecular flexibility index (Phi) is 3.13. The Hall–Kier alpha value is -1.64. The number of rotatable bonds is 1. The first kappa shape index (κ1) is 12.4. The molecule has 1 aromatic heterocycles. The molecule has 0 aliphatic rings. The van der Waals surface area contributed by atoms with Crippen LogP contribution in [0.5, 0.6) is 0 Å². The summed E-state index contributed by atoms with van der Waals surface area (Å²) in [6.45, 7) is 2.04. The lowest BCUT2D eigenvalue weighted by atomic mass is 10.1. The summed E-state index contributed by atoms with van der Waals surface area (Å²) in [5, 5.41) is 1.81. The summed E-state index contributed by atoms with van der Waals surface area (Å²) in [5.74, 6) is 0.625. The van der Waals surface area contributed by atoms with Crippen molar-refractivity contribution in [1.82, 2.24) is 9.97 Å². The van der Waals surface area contributed by atoms with Crippen LogP contribution in [0.2, 0.25) is 10.2 Å². The van der Waals surface area contributed by atoms with E-state index in [2.05, 4.69) is 9.97 Å². The van der Waals surface area contributed by atoms with Gasteiger partial charge in [0.05, 0.1) is 5.52 Å². The second kappa shape index (κ2) is 4.80. The van der Waals surface area contributed by atoms with E-state index in [1.165, 1.54) is 5.56 Å². The summed E-state index contributed by atoms with van der Waals surface area (Å²) in [4.78, 5) is 8.86. The molecule has 0 bridgehead atoms. The molecule has 4 heteroatoms. The van der Waals surface area contributed by atoms with Gasteiger partial charge in [-0.2, -0.15) is 0 Å². The van der Waals surface area contributed by atoms with Crippen LogP contribution in [0.1, 0.15) is 5.56 Å². The third-order valence-electron chi connectivity index (χ3n) is 2.92. The molecule has 0 saturated heterocycles. The van der Waals surface area contributed by atoms with Crippen molar-refractivity contribution in [2.45, 2.75) is 6.92 Å². The monoisotopic (exact) mass is 288 g/mol. The zero-order valence-corrected chi connectivity index (χ0v) is 11.7. The van der Waals surface area contributed by atoms with Crippen LogP contribution in [0.25, 0.3) is 22.3 Å². The van der Waals surface area contributed by atoms with Gasteiger partial charge in [-0.05, 0) is 25.1 Å². The lowest BCUT2D eigenvalue weighted by Crippen LogP contribution is -1.92. The molecule has 0 N–H and O–H groups in total. The first-order valence-corrected chi connectivity index (χ1v) is 6.59. The molecular formula is C15H10Cl2N2. The lowest BCUT2D eigenvalue weighted by molar-refractivity contribution is 1.22. The van der Waals surface area contributed by atoms with Crippen LogP contribution in [0, 0.1) is 6.92 Å². The second-order valence-electron chi connectivity index (χ2n) is 4.37. The van der Waals surface area contributed by atoms with E-state index in [4.69, 9.17) is 23.2 Å². The highest BCUT2D eigenvalue weighted by Gasteiger charge is 2.08. The second-order valence-corrected chi connectivity index (χ2v) is 5.16. The topological polar surface area (TPSA) is 25.8 Å². The fraction of sp³-hybridized carbons (Fsp3) is 0.0667. The van der Waals surface area contributed by atoms with Gasteiger partial charge in [-0.25, -0.2) is 9.97 Å². The molecule has 1 heterocycles. The molecule has 3 aromatic rings. The zero-order chi connectivity index (χ0) is 13.4. The molecule has 0 amide bonds. The van der Waals surface area contributed by atoms with E-state index >= 15 is 0 Å². The van der Waals surface area contributed by atoms with Crippen molar-refractivity contribution in [3.05, 3.63) is 58.2 Å². The van der Waals surface area contributed by atoms with Crippen molar-refractivity contribution in [3.63, 3.8) is 0 Å². The maximum atomic E-state index is 6.21. The summed E-state index contributed by atoms with van der Waals surface area (Å²) >= 11 is 12.2. The average molecular weight is 289 g/mol. The minimum absolute atomic E-state index is 0.420. The van der Waals surface area contributed by atoms with Crippen LogP contribution < -0.4 is 0 Å². The smallest absolute Gasteiger partial charge is 0.161 e. The number of halogens is 2. The Balaban J connectivity index is 2.20. The highest BCUT2D eigenvalue weighted by atomic mass is 35.5. The average Bonchev–Trinajstić information content (AvgIpc) is 2.40. The van der Waals surface area contributed by atoms with Crippen LogP contribution >= 0.6 is 23.2 Å². The predicted molar refractivity (Wildman–Crippen MR) is 79.7 cm³/mol. The largest absolute Gasteiger partial charge is 0.228 e. The fourth-order valence-electron chi connectivity index (χ4n) is 1.90. The molecule has 2 aromatic carbocycles. The molecule has 3 rings (SSSR count). The summed E-state index contributed by atoms with van der Waals surface area (Å²) in [6.07, 6.45) is 0. The fourth-order valence-corrected chi connectivity index (χ4v) is 2.30. The Morgan fingerprint density at radius 1 is 0.895 bits per heavy atom. The lowest BCUT2D eigenvalue weighted by Gasteiger charge is -2.05. The minimum Gasteiger partial charge on any atom is -0.228 e. The van der Waals surface area contributed by atoms with Crippen LogP contribution in [-0.2, 0) is 0 Å². The van der Waals surface area contributed by atoms with Gasteiger partial charge in [0.2, 0.25) is 0 Å². The molecule has 2 nitrogen and oxygen atoms in total. The molecule has 19 heavy (non-hydrogen) atoms. The molecule has 0 atom stereocenters. The Bertz CT molecular complexity index is 752. The van der Waals surface area contributed by atoms with Crippen molar-refractivity contribution in [3.8, 4) is 11.4 Å². The predicted octanol–water partition coefficient (Wildman–Crippen LogP) is 4.91. The normalized spacial score (nSPS) is 10.9. The maximum absolute atomic E-state index is 6.21. The number of hydrogen-bond acceptors (Lipinski definition) is 2. The van der Waals surface area contributed by atoms with Gasteiger partial charge in [0, 0.05) is 16.0 Å². The van der Waals surface area contributed by atoms with Crippen molar-refractivity contribution in [2.75, 3.05) is 0 Å². The van der Waals surface area contributed by atoms with E-state index in [0.717, 1.165) is 16.5 Å². The van der Waals surface area contributed by atoms with E-state index in [-0.39, 0.29) is 0 Å². The molecule has 0 unspecified atom stereocenters. The van der Waals surface area contributed by atoms with E-state index in [1.54, 1.807) is 12.1 Å². The van der Waals surface area contributed by atoms with Crippen molar-refractivity contribution >= 4 is 34.1 Å². The molecule has 94 valence electrons. The quantitative estimate of drug-likeness (QED) is 0.595. The first-order chi connectivity index (χ1) is 9.13. The standard InChI is InChI=1S/C15H10Cl2N2/c1-9-2-4-10(5-3-9)15-18-13-7-6-11(16)8-12(13)14(17)19-15/h2-8H,1H3. The molecule has 0 aliphatic heterocycles. The number of hydrogen-bond donors (Lipinski definition) is 0. The third kappa shape index (κ3) is 2.42. The molecule has 0 spiro atoms. The summed E-state index contributed by atoms with van der Waals surface area (Å²) in [6, 6.07) is 13.5. The third-order valence-corrected chi connectivity index (χ3v) is 3.44. The van der Waals surface area contributed by atoms with Crippen LogP contribution in [0.4, 0.5) is 0 Å². The number of fused-ring (bicyclic) bond motifs is 1. The van der Waals surface area contributed by atoms with E-state index < -0.39 is 0 Å². The Morgan fingerprint density at radius 2 is 1.63 bits per heavy atom. The van der Waals surface area contributed by atoms with Gasteiger partial charge >= 0.3 is 0 Å². The van der Waals surface area contributed by atoms with E-state index in [1.807, 2.05) is 37.3 Å². The molecular weight excluding hydrogens is 279 g/mol. The van der Waals surface area contributed by atoms with Gasteiger partial charge in [-0.15, -0.1) is 0 Å². The summed E-state index contributed by atoms with van der Waals surface area (Å²) in [5.41, 5.74) is 2.94. The van der Waals surface area contributed by atoms with Crippen LogP contribution in [0.3, 0.4) is 0 Å². The highest BCUT2D eigenvalue weighted by molar-refractivity contribution is 6.35. The van der Waals surface area contributed by atoms with Crippen LogP contribution in [-0.4, -0.2) is 9.97 Å². The van der Waals surface area contributed by atoms with Gasteiger partial charge in [0.25, 0.3) is 0 Å². The van der Waals surface area contributed by atoms with Gasteiger partial charge in [0.1, 0.15) is 5.15 Å². The van der Waals surface area contributed by atoms with Crippen LogP contribution in [0.15, 0.2) is 42.5 Å². The number of aryl methyl sites for hydroxylation is 1. The highest BCUT2D eigenvalue weighted by Crippen LogP contribution is 2.27. The SMILES string of the molecule is Cc1ccc(-c2nc(Cl)c3cc(Cl)ccc3n2)cc1. The first-order valence-electron chi connectivity index (χ1n) is 5.83. The molecule has 0 saturated carbocycles. The zero-order valence-electron chi connectivity index (χ0n) is 10.2. The maximum Gasteiger partial charge on any atom is 0.161 e. The van der Waals surface area contributed by atoms with Gasteiger partial charge in [0.15, 0.2) is 5.82 Å². The van der Waals surface area contributed by atoms with Crippen molar-refractivity contribution in [1.29, 1.82) is 0 Å². The number of nitrogens with zero attached hydrogens (tertiary/aromatic N) is 2. The van der Waals surface area contributed by atoms with Crippen molar-refractivity contribution in [2.24, 2.45) is 0 Å². The van der Waals surface area contributed by atoms with Gasteiger partial charge < -0.3 is 0 Å². The molecule has 0 fully saturated rings. The van der Waals surface area contributed by atoms with E-state index in [0.29, 0.717) is 16.0 Å². The van der Waals surface area contributed by atoms with E-state index in [9.17, 15) is 0 Å². The number of aromatic nitrogens is 2. The number of benzene rings is 2. The minimum atomic E-state index is 0.420. The van der Waals surface area contributed by atoms with Crippen molar-refractivity contribution < 1.29 is 0 Å². The van der Waals surface area contributed by atoms with Gasteiger partial charge in [-0.1, -0.05) is 53.0 Å².